The summed E-state index contributed by atoms with van der Waals surface area (Å²) < 4.78 is 11.8. The average molecular weight is 518 g/mol. The first-order valence-electron chi connectivity index (χ1n) is 12.9. The standard InChI is InChI=1S/C27H31N7O4/c1-17-15-37-10-9-34(17)24-21-6-7-22(18-4-3-5-19(12-18)25(35)28-2)29-23(21)30-26(31-24)33-8-11-38-27(16-33)13-20(14-27)32-36/h3-7,12,17,36H,8-11,13-16H2,1-2H3,(H,28,35)/t17-,27?/m0/s1. The second-order valence-corrected chi connectivity index (χ2v) is 10.2. The Labute approximate surface area is 220 Å². The molecule has 11 heteroatoms. The third kappa shape index (κ3) is 4.41. The molecule has 1 spiro atoms. The van der Waals surface area contributed by atoms with Crippen LogP contribution in [0.25, 0.3) is 22.3 Å². The highest BCUT2D eigenvalue weighted by Gasteiger charge is 2.47. The first-order chi connectivity index (χ1) is 18.5. The van der Waals surface area contributed by atoms with Crippen LogP contribution in [0.3, 0.4) is 0 Å². The van der Waals surface area contributed by atoms with Gasteiger partial charge in [-0.2, -0.15) is 9.97 Å². The number of fused-ring (bicyclic) bond motifs is 1. The summed E-state index contributed by atoms with van der Waals surface area (Å²) in [5.74, 6) is 1.30. The lowest BCUT2D eigenvalue weighted by Gasteiger charge is -2.48. The number of pyridine rings is 1. The molecule has 1 atom stereocenters. The SMILES string of the molecule is CNC(=O)c1cccc(-c2ccc3c(N4CCOC[C@@H]4C)nc(N4CCOC5(CC(=NO)C5)C4)nc3n2)c1. The maximum absolute atomic E-state index is 12.2. The summed E-state index contributed by atoms with van der Waals surface area (Å²) in [7, 11) is 1.62. The molecule has 1 aromatic carbocycles. The number of carbonyl (C=O) groups is 1. The minimum atomic E-state index is -0.375. The van der Waals surface area contributed by atoms with E-state index in [4.69, 9.17) is 29.6 Å². The van der Waals surface area contributed by atoms with Crippen LogP contribution in [0, 0.1) is 0 Å². The average Bonchev–Trinajstić information content (AvgIpc) is 2.95. The van der Waals surface area contributed by atoms with E-state index in [2.05, 4.69) is 27.2 Å². The largest absolute Gasteiger partial charge is 0.411 e. The van der Waals surface area contributed by atoms with Crippen molar-refractivity contribution in [3.05, 3.63) is 42.0 Å². The topological polar surface area (TPSA) is 125 Å². The van der Waals surface area contributed by atoms with Crippen LogP contribution in [0.1, 0.15) is 30.1 Å². The maximum Gasteiger partial charge on any atom is 0.251 e. The normalized spacial score (nSPS) is 23.4. The zero-order valence-corrected chi connectivity index (χ0v) is 21.6. The van der Waals surface area contributed by atoms with Crippen LogP contribution in [0.5, 0.6) is 0 Å². The molecule has 0 bridgehead atoms. The quantitative estimate of drug-likeness (QED) is 0.397. The van der Waals surface area contributed by atoms with Crippen molar-refractivity contribution in [2.45, 2.75) is 31.4 Å². The molecule has 3 aliphatic rings. The van der Waals surface area contributed by atoms with Crippen molar-refractivity contribution < 1.29 is 19.5 Å². The number of anilines is 2. The minimum Gasteiger partial charge on any atom is -0.411 e. The monoisotopic (exact) mass is 517 g/mol. The molecule has 1 aliphatic carbocycles. The molecule has 1 amide bonds. The highest BCUT2D eigenvalue weighted by atomic mass is 16.5. The summed E-state index contributed by atoms with van der Waals surface area (Å²) in [6.07, 6.45) is 1.20. The molecule has 2 saturated heterocycles. The third-order valence-corrected chi connectivity index (χ3v) is 7.54. The number of ether oxygens (including phenoxy) is 2. The van der Waals surface area contributed by atoms with Gasteiger partial charge in [0.1, 0.15) is 5.82 Å². The lowest BCUT2D eigenvalue weighted by atomic mass is 9.77. The van der Waals surface area contributed by atoms with Crippen molar-refractivity contribution in [2.75, 3.05) is 56.3 Å². The zero-order chi connectivity index (χ0) is 26.3. The van der Waals surface area contributed by atoms with Gasteiger partial charge in [-0.15, -0.1) is 0 Å². The number of amides is 1. The second kappa shape index (κ2) is 9.80. The van der Waals surface area contributed by atoms with Crippen LogP contribution >= 0.6 is 0 Å². The Kier molecular flexibility index (Phi) is 6.32. The minimum absolute atomic E-state index is 0.146. The van der Waals surface area contributed by atoms with Gasteiger partial charge in [-0.25, -0.2) is 4.98 Å². The van der Waals surface area contributed by atoms with E-state index >= 15 is 0 Å². The Bertz CT molecular complexity index is 1400. The number of morpholine rings is 2. The van der Waals surface area contributed by atoms with E-state index in [1.54, 1.807) is 13.1 Å². The molecule has 2 N–H and O–H groups in total. The van der Waals surface area contributed by atoms with Crippen LogP contribution in [0.2, 0.25) is 0 Å². The van der Waals surface area contributed by atoms with E-state index in [-0.39, 0.29) is 17.6 Å². The van der Waals surface area contributed by atoms with Gasteiger partial charge in [0.05, 0.1) is 54.8 Å². The van der Waals surface area contributed by atoms with Crippen molar-refractivity contribution in [1.29, 1.82) is 0 Å². The molecule has 11 nitrogen and oxygen atoms in total. The Morgan fingerprint density at radius 2 is 2.03 bits per heavy atom. The van der Waals surface area contributed by atoms with E-state index in [0.717, 1.165) is 34.7 Å². The fourth-order valence-corrected chi connectivity index (χ4v) is 5.50. The Balaban J connectivity index is 1.42. The predicted octanol–water partition coefficient (Wildman–Crippen LogP) is 2.48. The Hall–Kier alpha value is -3.83. The van der Waals surface area contributed by atoms with Gasteiger partial charge in [0.25, 0.3) is 5.91 Å². The molecule has 2 aliphatic heterocycles. The zero-order valence-electron chi connectivity index (χ0n) is 21.6. The molecule has 6 rings (SSSR count). The van der Waals surface area contributed by atoms with Crippen molar-refractivity contribution in [3.63, 3.8) is 0 Å². The molecule has 4 heterocycles. The van der Waals surface area contributed by atoms with E-state index in [1.165, 1.54) is 0 Å². The van der Waals surface area contributed by atoms with E-state index in [1.807, 2.05) is 30.3 Å². The Morgan fingerprint density at radius 1 is 1.16 bits per heavy atom. The number of hydrogen-bond acceptors (Lipinski definition) is 10. The fourth-order valence-electron chi connectivity index (χ4n) is 5.50. The molecule has 3 aromatic rings. The van der Waals surface area contributed by atoms with Crippen LogP contribution in [-0.2, 0) is 9.47 Å². The van der Waals surface area contributed by atoms with E-state index < -0.39 is 0 Å². The number of rotatable bonds is 4. The molecular formula is C27H31N7O4. The second-order valence-electron chi connectivity index (χ2n) is 10.2. The summed E-state index contributed by atoms with van der Waals surface area (Å²) in [6.45, 7) is 5.94. The molecule has 3 fully saturated rings. The maximum atomic E-state index is 12.2. The lowest BCUT2D eigenvalue weighted by molar-refractivity contribution is -0.0643. The number of carbonyl (C=O) groups excluding carboxylic acids is 1. The third-order valence-electron chi connectivity index (χ3n) is 7.54. The molecule has 0 unspecified atom stereocenters. The predicted molar refractivity (Wildman–Crippen MR) is 143 cm³/mol. The van der Waals surface area contributed by atoms with Gasteiger partial charge in [-0.05, 0) is 31.2 Å². The smallest absolute Gasteiger partial charge is 0.251 e. The highest BCUT2D eigenvalue weighted by Crippen LogP contribution is 2.38. The van der Waals surface area contributed by atoms with Crippen LogP contribution in [0.15, 0.2) is 41.6 Å². The van der Waals surface area contributed by atoms with Crippen LogP contribution in [0.4, 0.5) is 11.8 Å². The van der Waals surface area contributed by atoms with Gasteiger partial charge in [-0.1, -0.05) is 17.3 Å². The van der Waals surface area contributed by atoms with Gasteiger partial charge >= 0.3 is 0 Å². The molecule has 2 aromatic heterocycles. The lowest BCUT2D eigenvalue weighted by Crippen LogP contribution is -2.59. The summed E-state index contributed by atoms with van der Waals surface area (Å²) >= 11 is 0. The highest BCUT2D eigenvalue weighted by molar-refractivity contribution is 5.96. The number of nitrogens with zero attached hydrogens (tertiary/aromatic N) is 6. The fraction of sp³-hybridized carbons (Fsp3) is 0.444. The van der Waals surface area contributed by atoms with Gasteiger partial charge in [0, 0.05) is 44.1 Å². The number of benzene rings is 1. The first-order valence-corrected chi connectivity index (χ1v) is 12.9. The molecule has 0 radical (unpaired) electrons. The first kappa shape index (κ1) is 24.5. The van der Waals surface area contributed by atoms with Crippen molar-refractivity contribution >= 4 is 34.4 Å². The number of hydrogen-bond donors (Lipinski definition) is 2. The number of aromatic nitrogens is 3. The van der Waals surface area contributed by atoms with Gasteiger partial charge < -0.3 is 29.8 Å². The van der Waals surface area contributed by atoms with E-state index in [0.29, 0.717) is 62.9 Å². The van der Waals surface area contributed by atoms with Gasteiger partial charge in [0.2, 0.25) is 5.95 Å². The summed E-state index contributed by atoms with van der Waals surface area (Å²) in [5.41, 5.74) is 3.11. The summed E-state index contributed by atoms with van der Waals surface area (Å²) in [4.78, 5) is 31.6. The van der Waals surface area contributed by atoms with Crippen molar-refractivity contribution in [1.82, 2.24) is 20.3 Å². The van der Waals surface area contributed by atoms with Crippen molar-refractivity contribution in [2.24, 2.45) is 5.16 Å². The molecule has 1 saturated carbocycles. The number of nitrogens with one attached hydrogen (secondary N) is 1. The van der Waals surface area contributed by atoms with E-state index in [9.17, 15) is 4.79 Å². The van der Waals surface area contributed by atoms with Crippen LogP contribution in [-0.4, -0.2) is 89.9 Å². The number of oxime groups is 1. The molecular weight excluding hydrogens is 486 g/mol. The molecule has 198 valence electrons. The van der Waals surface area contributed by atoms with Gasteiger partial charge in [-0.3, -0.25) is 4.79 Å². The Morgan fingerprint density at radius 3 is 2.82 bits per heavy atom. The van der Waals surface area contributed by atoms with Gasteiger partial charge in [0.15, 0.2) is 5.65 Å². The van der Waals surface area contributed by atoms with Crippen molar-refractivity contribution in [3.8, 4) is 11.3 Å². The summed E-state index contributed by atoms with van der Waals surface area (Å²) in [5, 5.41) is 16.0. The molecule has 38 heavy (non-hydrogen) atoms. The van der Waals surface area contributed by atoms with Crippen LogP contribution < -0.4 is 15.1 Å². The summed E-state index contributed by atoms with van der Waals surface area (Å²) in [6, 6.07) is 11.5.